The Morgan fingerprint density at radius 3 is 2.17 bits per heavy atom. The van der Waals surface area contributed by atoms with Crippen LogP contribution in [0.15, 0.2) is 0 Å². The topological polar surface area (TPSA) is 0 Å². The molecule has 0 aromatic carbocycles. The molecule has 0 heteroatoms. The second kappa shape index (κ2) is 4.89. The van der Waals surface area contributed by atoms with E-state index >= 15 is 0 Å². The summed E-state index contributed by atoms with van der Waals surface area (Å²) in [5, 5.41) is 0. The summed E-state index contributed by atoms with van der Waals surface area (Å²) in [5.74, 6) is 0. The quantitative estimate of drug-likeness (QED) is 0.511. The standard InChI is InChI=1S/C12H24/c1-3-4-5-6-7-9-12(2)10-8-11-12/h3-11H2,1-2H3. The van der Waals surface area contributed by atoms with Crippen LogP contribution in [0.2, 0.25) is 0 Å². The molecule has 0 saturated heterocycles. The first-order valence-corrected chi connectivity index (χ1v) is 5.77. The monoisotopic (exact) mass is 168 g/mol. The summed E-state index contributed by atoms with van der Waals surface area (Å²) in [6.07, 6.45) is 13.2. The largest absolute Gasteiger partial charge is 0.0654 e. The molecule has 0 aliphatic heterocycles. The van der Waals surface area contributed by atoms with Crippen LogP contribution in [0.1, 0.15) is 71.6 Å². The van der Waals surface area contributed by atoms with Crippen molar-refractivity contribution in [1.29, 1.82) is 0 Å². The SMILES string of the molecule is CCCCCCCC1(C)CCC1. The van der Waals surface area contributed by atoms with Crippen LogP contribution in [-0.4, -0.2) is 0 Å². The van der Waals surface area contributed by atoms with Crippen LogP contribution >= 0.6 is 0 Å². The summed E-state index contributed by atoms with van der Waals surface area (Å²) in [7, 11) is 0. The minimum atomic E-state index is 0.770. The fraction of sp³-hybridized carbons (Fsp3) is 1.00. The molecule has 0 spiro atoms. The van der Waals surface area contributed by atoms with Gasteiger partial charge in [0.2, 0.25) is 0 Å². The molecule has 0 nitrogen and oxygen atoms in total. The maximum Gasteiger partial charge on any atom is -0.0326 e. The van der Waals surface area contributed by atoms with Crippen molar-refractivity contribution in [3.05, 3.63) is 0 Å². The number of unbranched alkanes of at least 4 members (excludes halogenated alkanes) is 4. The van der Waals surface area contributed by atoms with Gasteiger partial charge in [-0.3, -0.25) is 0 Å². The zero-order valence-corrected chi connectivity index (χ0v) is 8.86. The highest BCUT2D eigenvalue weighted by atomic mass is 14.4. The second-order valence-corrected chi connectivity index (χ2v) is 4.83. The summed E-state index contributed by atoms with van der Waals surface area (Å²) in [6, 6.07) is 0. The minimum Gasteiger partial charge on any atom is -0.0654 e. The molecular weight excluding hydrogens is 144 g/mol. The van der Waals surface area contributed by atoms with Gasteiger partial charge in [-0.25, -0.2) is 0 Å². The predicted octanol–water partition coefficient (Wildman–Crippen LogP) is 4.54. The first kappa shape index (κ1) is 10.1. The lowest BCUT2D eigenvalue weighted by Gasteiger charge is -2.38. The van der Waals surface area contributed by atoms with Crippen LogP contribution < -0.4 is 0 Å². The van der Waals surface area contributed by atoms with E-state index in [4.69, 9.17) is 0 Å². The first-order chi connectivity index (χ1) is 5.77. The summed E-state index contributed by atoms with van der Waals surface area (Å²) in [5.41, 5.74) is 0.770. The Balaban J connectivity index is 1.88. The highest BCUT2D eigenvalue weighted by Gasteiger charge is 2.30. The second-order valence-electron chi connectivity index (χ2n) is 4.83. The molecule has 1 saturated carbocycles. The summed E-state index contributed by atoms with van der Waals surface area (Å²) in [6.45, 7) is 4.75. The molecule has 0 radical (unpaired) electrons. The molecule has 0 aromatic rings. The van der Waals surface area contributed by atoms with Crippen molar-refractivity contribution < 1.29 is 0 Å². The molecule has 0 unspecified atom stereocenters. The van der Waals surface area contributed by atoms with Gasteiger partial charge in [-0.1, -0.05) is 52.4 Å². The molecule has 1 aliphatic rings. The van der Waals surface area contributed by atoms with Crippen molar-refractivity contribution in [3.8, 4) is 0 Å². The maximum atomic E-state index is 2.47. The number of hydrogen-bond donors (Lipinski definition) is 0. The molecule has 0 atom stereocenters. The fourth-order valence-electron chi connectivity index (χ4n) is 2.19. The van der Waals surface area contributed by atoms with E-state index in [1.807, 2.05) is 0 Å². The molecule has 1 aliphatic carbocycles. The Morgan fingerprint density at radius 1 is 1.00 bits per heavy atom. The Morgan fingerprint density at radius 2 is 1.67 bits per heavy atom. The summed E-state index contributed by atoms with van der Waals surface area (Å²) >= 11 is 0. The molecule has 1 rings (SSSR count). The van der Waals surface area contributed by atoms with Crippen molar-refractivity contribution in [1.82, 2.24) is 0 Å². The minimum absolute atomic E-state index is 0.770. The van der Waals surface area contributed by atoms with Crippen LogP contribution in [-0.2, 0) is 0 Å². The molecule has 0 N–H and O–H groups in total. The van der Waals surface area contributed by atoms with Crippen molar-refractivity contribution >= 4 is 0 Å². The van der Waals surface area contributed by atoms with Gasteiger partial charge in [0, 0.05) is 0 Å². The average molecular weight is 168 g/mol. The van der Waals surface area contributed by atoms with Gasteiger partial charge in [-0.2, -0.15) is 0 Å². The van der Waals surface area contributed by atoms with E-state index in [1.54, 1.807) is 0 Å². The van der Waals surface area contributed by atoms with E-state index in [-0.39, 0.29) is 0 Å². The van der Waals surface area contributed by atoms with Crippen LogP contribution in [0.5, 0.6) is 0 Å². The third-order valence-electron chi connectivity index (χ3n) is 3.44. The Labute approximate surface area is 77.7 Å². The van der Waals surface area contributed by atoms with Crippen LogP contribution in [0.4, 0.5) is 0 Å². The van der Waals surface area contributed by atoms with E-state index in [9.17, 15) is 0 Å². The molecule has 0 heterocycles. The van der Waals surface area contributed by atoms with Gasteiger partial charge in [0.15, 0.2) is 0 Å². The van der Waals surface area contributed by atoms with Crippen LogP contribution in [0, 0.1) is 5.41 Å². The molecule has 0 aromatic heterocycles. The zero-order valence-electron chi connectivity index (χ0n) is 8.86. The van der Waals surface area contributed by atoms with E-state index in [1.165, 1.54) is 57.8 Å². The van der Waals surface area contributed by atoms with E-state index < -0.39 is 0 Å². The Hall–Kier alpha value is 0. The van der Waals surface area contributed by atoms with Gasteiger partial charge in [0.25, 0.3) is 0 Å². The van der Waals surface area contributed by atoms with Crippen molar-refractivity contribution in [2.45, 2.75) is 71.6 Å². The number of hydrogen-bond acceptors (Lipinski definition) is 0. The third-order valence-corrected chi connectivity index (χ3v) is 3.44. The van der Waals surface area contributed by atoms with Gasteiger partial charge in [-0.05, 0) is 24.7 Å². The number of rotatable bonds is 6. The van der Waals surface area contributed by atoms with Gasteiger partial charge in [0.1, 0.15) is 0 Å². The van der Waals surface area contributed by atoms with Gasteiger partial charge >= 0.3 is 0 Å². The van der Waals surface area contributed by atoms with Gasteiger partial charge in [-0.15, -0.1) is 0 Å². The normalized spacial score (nSPS) is 20.5. The molecule has 12 heavy (non-hydrogen) atoms. The molecule has 1 fully saturated rings. The van der Waals surface area contributed by atoms with E-state index in [0.29, 0.717) is 0 Å². The third kappa shape index (κ3) is 3.16. The maximum absolute atomic E-state index is 2.47. The van der Waals surface area contributed by atoms with Gasteiger partial charge in [0.05, 0.1) is 0 Å². The lowest BCUT2D eigenvalue weighted by Crippen LogP contribution is -2.24. The first-order valence-electron chi connectivity index (χ1n) is 5.77. The highest BCUT2D eigenvalue weighted by Crippen LogP contribution is 2.44. The highest BCUT2D eigenvalue weighted by molar-refractivity contribution is 4.82. The summed E-state index contributed by atoms with van der Waals surface area (Å²) < 4.78 is 0. The molecule has 0 amide bonds. The molecular formula is C12H24. The van der Waals surface area contributed by atoms with E-state index in [0.717, 1.165) is 5.41 Å². The zero-order chi connectivity index (χ0) is 8.86. The lowest BCUT2D eigenvalue weighted by atomic mass is 9.67. The average Bonchev–Trinajstić information content (AvgIpc) is 2.01. The molecule has 72 valence electrons. The van der Waals surface area contributed by atoms with Crippen molar-refractivity contribution in [3.63, 3.8) is 0 Å². The smallest absolute Gasteiger partial charge is 0.0326 e. The van der Waals surface area contributed by atoms with Crippen LogP contribution in [0.25, 0.3) is 0 Å². The Bertz CT molecular complexity index is 111. The van der Waals surface area contributed by atoms with Crippen molar-refractivity contribution in [2.75, 3.05) is 0 Å². The van der Waals surface area contributed by atoms with Crippen molar-refractivity contribution in [2.24, 2.45) is 5.41 Å². The molecule has 0 bridgehead atoms. The lowest BCUT2D eigenvalue weighted by molar-refractivity contribution is 0.141. The Kier molecular flexibility index (Phi) is 4.11. The summed E-state index contributed by atoms with van der Waals surface area (Å²) in [4.78, 5) is 0. The van der Waals surface area contributed by atoms with Crippen LogP contribution in [0.3, 0.4) is 0 Å². The fourth-order valence-corrected chi connectivity index (χ4v) is 2.19. The predicted molar refractivity (Wildman–Crippen MR) is 55.3 cm³/mol. The van der Waals surface area contributed by atoms with Gasteiger partial charge < -0.3 is 0 Å². The van der Waals surface area contributed by atoms with E-state index in [2.05, 4.69) is 13.8 Å².